The lowest BCUT2D eigenvalue weighted by atomic mass is 9.96. The van der Waals surface area contributed by atoms with E-state index in [2.05, 4.69) is 4.98 Å². The predicted octanol–water partition coefficient (Wildman–Crippen LogP) is 0.483. The zero-order valence-electron chi connectivity index (χ0n) is 10.7. The second kappa shape index (κ2) is 5.63. The number of anilines is 1. The fourth-order valence-corrected chi connectivity index (χ4v) is 1.31. The topological polar surface area (TPSA) is 96.4 Å². The minimum Gasteiger partial charge on any atom is -0.448 e. The standard InChI is InChI=1S/C11H17N3O4/c1-11(2,6-17-3)7-18-10(16)14-5-4-8(12)13-9(14)15/h4-5H,6-7H2,1-3H3,(H2,12,13,15). The average molecular weight is 255 g/mol. The first-order chi connectivity index (χ1) is 8.35. The molecule has 2 N–H and O–H groups in total. The molecule has 1 rings (SSSR count). The fourth-order valence-electron chi connectivity index (χ4n) is 1.31. The van der Waals surface area contributed by atoms with Crippen molar-refractivity contribution in [3.63, 3.8) is 0 Å². The number of nitrogen functional groups attached to an aromatic ring is 1. The lowest BCUT2D eigenvalue weighted by Crippen LogP contribution is -2.33. The van der Waals surface area contributed by atoms with Crippen molar-refractivity contribution >= 4 is 11.9 Å². The highest BCUT2D eigenvalue weighted by molar-refractivity contribution is 5.70. The van der Waals surface area contributed by atoms with Crippen LogP contribution in [-0.2, 0) is 9.47 Å². The Hall–Kier alpha value is -1.89. The highest BCUT2D eigenvalue weighted by Gasteiger charge is 2.21. The maximum atomic E-state index is 11.6. The van der Waals surface area contributed by atoms with Gasteiger partial charge in [0.1, 0.15) is 12.4 Å². The molecule has 1 aromatic heterocycles. The number of methoxy groups -OCH3 is 1. The Morgan fingerprint density at radius 1 is 1.50 bits per heavy atom. The van der Waals surface area contributed by atoms with Crippen LogP contribution in [0.4, 0.5) is 10.6 Å². The molecule has 0 fully saturated rings. The van der Waals surface area contributed by atoms with Crippen molar-refractivity contribution < 1.29 is 14.3 Å². The Bertz CT molecular complexity index is 481. The maximum Gasteiger partial charge on any atom is 0.422 e. The van der Waals surface area contributed by atoms with Crippen molar-refractivity contribution in [3.8, 4) is 0 Å². The summed E-state index contributed by atoms with van der Waals surface area (Å²) in [5.41, 5.74) is 4.23. The zero-order valence-corrected chi connectivity index (χ0v) is 10.7. The van der Waals surface area contributed by atoms with Gasteiger partial charge in [-0.2, -0.15) is 4.98 Å². The van der Waals surface area contributed by atoms with Crippen LogP contribution in [0.15, 0.2) is 17.1 Å². The van der Waals surface area contributed by atoms with Crippen molar-refractivity contribution in [1.82, 2.24) is 9.55 Å². The molecule has 0 saturated heterocycles. The second-order valence-corrected chi connectivity index (χ2v) is 4.66. The van der Waals surface area contributed by atoms with E-state index in [0.29, 0.717) is 6.61 Å². The summed E-state index contributed by atoms with van der Waals surface area (Å²) in [4.78, 5) is 26.5. The molecule has 0 aliphatic rings. The van der Waals surface area contributed by atoms with Crippen molar-refractivity contribution in [3.05, 3.63) is 22.7 Å². The first kappa shape index (κ1) is 14.2. The third-order valence-electron chi connectivity index (χ3n) is 2.14. The molecule has 18 heavy (non-hydrogen) atoms. The van der Waals surface area contributed by atoms with Gasteiger partial charge in [0.15, 0.2) is 0 Å². The molecular weight excluding hydrogens is 238 g/mol. The van der Waals surface area contributed by atoms with Gasteiger partial charge in [0.05, 0.1) is 6.61 Å². The third-order valence-corrected chi connectivity index (χ3v) is 2.14. The predicted molar refractivity (Wildman–Crippen MR) is 65.3 cm³/mol. The SMILES string of the molecule is COCC(C)(C)COC(=O)n1ccc(N)nc1=O. The molecule has 0 saturated carbocycles. The number of nitrogens with zero attached hydrogens (tertiary/aromatic N) is 2. The number of hydrogen-bond acceptors (Lipinski definition) is 6. The monoisotopic (exact) mass is 255 g/mol. The summed E-state index contributed by atoms with van der Waals surface area (Å²) in [6.07, 6.45) is 0.452. The lowest BCUT2D eigenvalue weighted by molar-refractivity contribution is 0.0407. The number of carbonyl (C=O) groups is 1. The van der Waals surface area contributed by atoms with Crippen LogP contribution in [0.3, 0.4) is 0 Å². The van der Waals surface area contributed by atoms with Crippen LogP contribution in [0.1, 0.15) is 13.8 Å². The Kier molecular flexibility index (Phi) is 4.43. The average Bonchev–Trinajstić information content (AvgIpc) is 2.26. The van der Waals surface area contributed by atoms with Gasteiger partial charge in [-0.3, -0.25) is 0 Å². The minimum absolute atomic E-state index is 0.0590. The van der Waals surface area contributed by atoms with Crippen molar-refractivity contribution in [2.45, 2.75) is 13.8 Å². The summed E-state index contributed by atoms with van der Waals surface area (Å²) in [7, 11) is 1.57. The zero-order chi connectivity index (χ0) is 13.8. The quantitative estimate of drug-likeness (QED) is 0.840. The fraction of sp³-hybridized carbons (Fsp3) is 0.545. The van der Waals surface area contributed by atoms with Gasteiger partial charge in [-0.05, 0) is 6.07 Å². The maximum absolute atomic E-state index is 11.6. The first-order valence-corrected chi connectivity index (χ1v) is 5.37. The van der Waals surface area contributed by atoms with E-state index < -0.39 is 11.8 Å². The minimum atomic E-state index is -0.781. The largest absolute Gasteiger partial charge is 0.448 e. The number of hydrogen-bond donors (Lipinski definition) is 1. The molecule has 0 atom stereocenters. The van der Waals surface area contributed by atoms with Gasteiger partial charge in [0.25, 0.3) is 0 Å². The van der Waals surface area contributed by atoms with Crippen LogP contribution in [0.2, 0.25) is 0 Å². The van der Waals surface area contributed by atoms with Gasteiger partial charge >= 0.3 is 11.8 Å². The molecule has 0 radical (unpaired) electrons. The molecule has 0 bridgehead atoms. The van der Waals surface area contributed by atoms with Crippen LogP contribution in [0.25, 0.3) is 0 Å². The molecule has 0 spiro atoms. The van der Waals surface area contributed by atoms with Gasteiger partial charge in [-0.25, -0.2) is 14.2 Å². The Balaban J connectivity index is 2.69. The molecule has 7 nitrogen and oxygen atoms in total. The molecule has 0 aromatic carbocycles. The Labute approximate surface area is 105 Å². The van der Waals surface area contributed by atoms with Crippen LogP contribution >= 0.6 is 0 Å². The number of ether oxygens (including phenoxy) is 2. The van der Waals surface area contributed by atoms with E-state index in [9.17, 15) is 9.59 Å². The molecule has 0 aliphatic carbocycles. The van der Waals surface area contributed by atoms with E-state index in [1.165, 1.54) is 12.3 Å². The molecule has 0 unspecified atom stereocenters. The summed E-state index contributed by atoms with van der Waals surface area (Å²) in [5.74, 6) is 0.0590. The van der Waals surface area contributed by atoms with E-state index in [4.69, 9.17) is 15.2 Å². The number of carbonyl (C=O) groups excluding carboxylic acids is 1. The molecule has 7 heteroatoms. The molecule has 0 amide bonds. The van der Waals surface area contributed by atoms with Gasteiger partial charge in [-0.15, -0.1) is 0 Å². The Morgan fingerprint density at radius 3 is 2.72 bits per heavy atom. The molecule has 1 heterocycles. The second-order valence-electron chi connectivity index (χ2n) is 4.66. The summed E-state index contributed by atoms with van der Waals surface area (Å²) in [5, 5.41) is 0. The first-order valence-electron chi connectivity index (χ1n) is 5.37. The normalized spacial score (nSPS) is 11.3. The lowest BCUT2D eigenvalue weighted by Gasteiger charge is -2.22. The van der Waals surface area contributed by atoms with Crippen LogP contribution in [0, 0.1) is 5.41 Å². The van der Waals surface area contributed by atoms with Gasteiger partial charge in [0, 0.05) is 18.7 Å². The summed E-state index contributed by atoms with van der Waals surface area (Å²) in [6, 6.07) is 1.35. The van der Waals surface area contributed by atoms with Crippen LogP contribution in [0.5, 0.6) is 0 Å². The van der Waals surface area contributed by atoms with Crippen molar-refractivity contribution in [2.24, 2.45) is 5.41 Å². The molecule has 1 aromatic rings. The summed E-state index contributed by atoms with van der Waals surface area (Å²) in [6.45, 7) is 4.34. The van der Waals surface area contributed by atoms with E-state index in [1.807, 2.05) is 13.8 Å². The van der Waals surface area contributed by atoms with Gasteiger partial charge in [-0.1, -0.05) is 13.8 Å². The van der Waals surface area contributed by atoms with Crippen LogP contribution in [-0.4, -0.2) is 36.0 Å². The highest BCUT2D eigenvalue weighted by atomic mass is 16.6. The summed E-state index contributed by atoms with van der Waals surface area (Å²) >= 11 is 0. The van der Waals surface area contributed by atoms with E-state index in [-0.39, 0.29) is 17.8 Å². The van der Waals surface area contributed by atoms with Crippen LogP contribution < -0.4 is 11.4 Å². The number of rotatable bonds is 4. The van der Waals surface area contributed by atoms with Gasteiger partial charge in [0.2, 0.25) is 0 Å². The summed E-state index contributed by atoms with van der Waals surface area (Å²) < 4.78 is 10.8. The van der Waals surface area contributed by atoms with E-state index in [1.54, 1.807) is 7.11 Å². The van der Waals surface area contributed by atoms with Gasteiger partial charge < -0.3 is 15.2 Å². The number of nitrogens with two attached hydrogens (primary N) is 1. The third kappa shape index (κ3) is 3.85. The highest BCUT2D eigenvalue weighted by Crippen LogP contribution is 2.15. The van der Waals surface area contributed by atoms with Crippen molar-refractivity contribution in [2.75, 3.05) is 26.1 Å². The number of aromatic nitrogens is 2. The van der Waals surface area contributed by atoms with E-state index in [0.717, 1.165) is 4.57 Å². The molecular formula is C11H17N3O4. The Morgan fingerprint density at radius 2 is 2.17 bits per heavy atom. The molecule has 100 valence electrons. The molecule has 0 aliphatic heterocycles. The van der Waals surface area contributed by atoms with Crippen molar-refractivity contribution in [1.29, 1.82) is 0 Å². The smallest absolute Gasteiger partial charge is 0.422 e. The van der Waals surface area contributed by atoms with E-state index >= 15 is 0 Å².